The Morgan fingerprint density at radius 3 is 2.71 bits per heavy atom. The molecule has 1 N–H and O–H groups in total. The largest absolute Gasteiger partial charge is 0.337 e. The van der Waals surface area contributed by atoms with Crippen LogP contribution < -0.4 is 5.32 Å². The van der Waals surface area contributed by atoms with Crippen LogP contribution in [0.15, 0.2) is 58.6 Å². The van der Waals surface area contributed by atoms with E-state index in [2.05, 4.69) is 5.32 Å². The van der Waals surface area contributed by atoms with Crippen molar-refractivity contribution in [3.05, 3.63) is 74.6 Å². The SMILES string of the molecule is CN(Cc1ccsc1)C(=O)c1cccc(NC(=O)c2cccs2)c1. The number of anilines is 1. The van der Waals surface area contributed by atoms with Gasteiger partial charge in [0.15, 0.2) is 0 Å². The molecule has 0 unspecified atom stereocenters. The van der Waals surface area contributed by atoms with Gasteiger partial charge < -0.3 is 10.2 Å². The van der Waals surface area contributed by atoms with Gasteiger partial charge in [-0.1, -0.05) is 12.1 Å². The Bertz CT molecular complexity index is 827. The lowest BCUT2D eigenvalue weighted by atomic mass is 10.1. The van der Waals surface area contributed by atoms with Crippen LogP contribution in [-0.2, 0) is 6.54 Å². The molecule has 0 spiro atoms. The van der Waals surface area contributed by atoms with Crippen LogP contribution in [0.5, 0.6) is 0 Å². The minimum absolute atomic E-state index is 0.0755. The third-order valence-corrected chi connectivity index (χ3v) is 5.06. The lowest BCUT2D eigenvalue weighted by Gasteiger charge is -2.17. The summed E-state index contributed by atoms with van der Waals surface area (Å²) in [7, 11) is 1.77. The molecule has 24 heavy (non-hydrogen) atoms. The summed E-state index contributed by atoms with van der Waals surface area (Å²) in [6.45, 7) is 0.564. The zero-order valence-corrected chi connectivity index (χ0v) is 14.7. The van der Waals surface area contributed by atoms with Crippen LogP contribution in [0.1, 0.15) is 25.6 Å². The topological polar surface area (TPSA) is 49.4 Å². The van der Waals surface area contributed by atoms with Crippen LogP contribution in [0.3, 0.4) is 0 Å². The number of benzene rings is 1. The van der Waals surface area contributed by atoms with Crippen molar-refractivity contribution in [2.45, 2.75) is 6.54 Å². The van der Waals surface area contributed by atoms with Crippen molar-refractivity contribution in [1.82, 2.24) is 4.90 Å². The van der Waals surface area contributed by atoms with Crippen LogP contribution >= 0.6 is 22.7 Å². The van der Waals surface area contributed by atoms with E-state index >= 15 is 0 Å². The second kappa shape index (κ2) is 7.42. The molecule has 0 radical (unpaired) electrons. The summed E-state index contributed by atoms with van der Waals surface area (Å²) in [5.41, 5.74) is 2.28. The molecule has 3 rings (SSSR count). The fourth-order valence-corrected chi connectivity index (χ4v) is 3.56. The predicted octanol–water partition coefficient (Wildman–Crippen LogP) is 4.33. The van der Waals surface area contributed by atoms with Crippen molar-refractivity contribution in [2.75, 3.05) is 12.4 Å². The van der Waals surface area contributed by atoms with E-state index in [-0.39, 0.29) is 11.8 Å². The van der Waals surface area contributed by atoms with Crippen LogP contribution in [-0.4, -0.2) is 23.8 Å². The maximum atomic E-state index is 12.6. The summed E-state index contributed by atoms with van der Waals surface area (Å²) in [5, 5.41) is 8.71. The minimum Gasteiger partial charge on any atom is -0.337 e. The molecule has 0 fully saturated rings. The van der Waals surface area contributed by atoms with Crippen LogP contribution in [0, 0.1) is 0 Å². The normalized spacial score (nSPS) is 10.4. The zero-order chi connectivity index (χ0) is 16.9. The van der Waals surface area contributed by atoms with Gasteiger partial charge in [-0.05, 0) is 52.0 Å². The summed E-state index contributed by atoms with van der Waals surface area (Å²) in [6, 6.07) is 12.6. The van der Waals surface area contributed by atoms with Gasteiger partial charge in [0.05, 0.1) is 4.88 Å². The number of carbonyl (C=O) groups is 2. The Balaban J connectivity index is 1.70. The van der Waals surface area contributed by atoms with Crippen LogP contribution in [0.25, 0.3) is 0 Å². The van der Waals surface area contributed by atoms with Crippen molar-refractivity contribution >= 4 is 40.2 Å². The summed E-state index contributed by atoms with van der Waals surface area (Å²) >= 11 is 2.99. The first kappa shape index (κ1) is 16.4. The second-order valence-electron chi connectivity index (χ2n) is 5.31. The molecular weight excluding hydrogens is 340 g/mol. The molecule has 3 aromatic rings. The van der Waals surface area contributed by atoms with E-state index in [1.807, 2.05) is 28.3 Å². The Hall–Kier alpha value is -2.44. The Morgan fingerprint density at radius 1 is 1.12 bits per heavy atom. The van der Waals surface area contributed by atoms with Gasteiger partial charge in [-0.25, -0.2) is 0 Å². The van der Waals surface area contributed by atoms with Gasteiger partial charge in [0, 0.05) is 24.8 Å². The molecule has 122 valence electrons. The van der Waals surface area contributed by atoms with Gasteiger partial charge in [-0.15, -0.1) is 11.3 Å². The van der Waals surface area contributed by atoms with Gasteiger partial charge in [0.25, 0.3) is 11.8 Å². The number of hydrogen-bond acceptors (Lipinski definition) is 4. The molecule has 0 aliphatic rings. The number of amides is 2. The van der Waals surface area contributed by atoms with Gasteiger partial charge in [0.1, 0.15) is 0 Å². The molecule has 0 aliphatic heterocycles. The van der Waals surface area contributed by atoms with Crippen molar-refractivity contribution in [3.8, 4) is 0 Å². The van der Waals surface area contributed by atoms with Crippen molar-refractivity contribution in [2.24, 2.45) is 0 Å². The Kier molecular flexibility index (Phi) is 5.08. The molecule has 4 nitrogen and oxygen atoms in total. The Labute approximate surface area is 148 Å². The summed E-state index contributed by atoms with van der Waals surface area (Å²) in [6.07, 6.45) is 0. The molecule has 0 saturated carbocycles. The molecule has 1 aromatic carbocycles. The summed E-state index contributed by atoms with van der Waals surface area (Å²) in [5.74, 6) is -0.241. The first-order chi connectivity index (χ1) is 11.6. The van der Waals surface area contributed by atoms with Gasteiger partial charge in [-0.2, -0.15) is 11.3 Å². The zero-order valence-electron chi connectivity index (χ0n) is 13.1. The van der Waals surface area contributed by atoms with Crippen LogP contribution in [0.2, 0.25) is 0 Å². The Morgan fingerprint density at radius 2 is 2.00 bits per heavy atom. The first-order valence-corrected chi connectivity index (χ1v) is 9.17. The fraction of sp³-hybridized carbons (Fsp3) is 0.111. The second-order valence-corrected chi connectivity index (χ2v) is 7.03. The van der Waals surface area contributed by atoms with Gasteiger partial charge >= 0.3 is 0 Å². The predicted molar refractivity (Wildman–Crippen MR) is 98.8 cm³/mol. The fourth-order valence-electron chi connectivity index (χ4n) is 2.28. The minimum atomic E-state index is -0.166. The van der Waals surface area contributed by atoms with E-state index in [1.54, 1.807) is 53.6 Å². The monoisotopic (exact) mass is 356 g/mol. The molecule has 2 heterocycles. The van der Waals surface area contributed by atoms with Crippen molar-refractivity contribution < 1.29 is 9.59 Å². The molecule has 0 atom stereocenters. The average Bonchev–Trinajstić information content (AvgIpc) is 3.28. The maximum absolute atomic E-state index is 12.6. The number of carbonyl (C=O) groups excluding carboxylic acids is 2. The highest BCUT2D eigenvalue weighted by Crippen LogP contribution is 2.17. The molecule has 0 bridgehead atoms. The highest BCUT2D eigenvalue weighted by molar-refractivity contribution is 7.12. The molecule has 2 aromatic heterocycles. The lowest BCUT2D eigenvalue weighted by molar-refractivity contribution is 0.0785. The van der Waals surface area contributed by atoms with Gasteiger partial charge in [0.2, 0.25) is 0 Å². The van der Waals surface area contributed by atoms with Gasteiger partial charge in [-0.3, -0.25) is 9.59 Å². The maximum Gasteiger partial charge on any atom is 0.265 e. The molecule has 6 heteroatoms. The van der Waals surface area contributed by atoms with Crippen molar-refractivity contribution in [3.63, 3.8) is 0 Å². The molecule has 0 aliphatic carbocycles. The number of nitrogens with one attached hydrogen (secondary N) is 1. The van der Waals surface area contributed by atoms with Crippen molar-refractivity contribution in [1.29, 1.82) is 0 Å². The third-order valence-electron chi connectivity index (χ3n) is 3.46. The lowest BCUT2D eigenvalue weighted by Crippen LogP contribution is -2.26. The number of thiophene rings is 2. The molecular formula is C18H16N2O2S2. The first-order valence-electron chi connectivity index (χ1n) is 7.35. The van der Waals surface area contributed by atoms with E-state index in [0.717, 1.165) is 5.56 Å². The van der Waals surface area contributed by atoms with Crippen LogP contribution in [0.4, 0.5) is 5.69 Å². The van der Waals surface area contributed by atoms with E-state index in [4.69, 9.17) is 0 Å². The number of hydrogen-bond donors (Lipinski definition) is 1. The van der Waals surface area contributed by atoms with E-state index in [1.165, 1.54) is 11.3 Å². The summed E-state index contributed by atoms with van der Waals surface area (Å²) < 4.78 is 0. The quantitative estimate of drug-likeness (QED) is 0.739. The van der Waals surface area contributed by atoms with E-state index in [0.29, 0.717) is 22.7 Å². The molecule has 2 amide bonds. The third kappa shape index (κ3) is 3.90. The molecule has 0 saturated heterocycles. The highest BCUT2D eigenvalue weighted by Gasteiger charge is 2.14. The van der Waals surface area contributed by atoms with E-state index in [9.17, 15) is 9.59 Å². The highest BCUT2D eigenvalue weighted by atomic mass is 32.1. The number of rotatable bonds is 5. The summed E-state index contributed by atoms with van der Waals surface area (Å²) in [4.78, 5) is 27.0. The van der Waals surface area contributed by atoms with E-state index < -0.39 is 0 Å². The standard InChI is InChI=1S/C18H16N2O2S2/c1-20(11-13-7-9-23-12-13)18(22)14-4-2-5-15(10-14)19-17(21)16-6-3-8-24-16/h2-10,12H,11H2,1H3,(H,19,21). The number of nitrogens with zero attached hydrogens (tertiary/aromatic N) is 1. The smallest absolute Gasteiger partial charge is 0.265 e. The average molecular weight is 356 g/mol.